The maximum atomic E-state index is 12.5. The third-order valence-electron chi connectivity index (χ3n) is 4.14. The first kappa shape index (κ1) is 23.0. The van der Waals surface area contributed by atoms with E-state index in [1.54, 1.807) is 48.5 Å². The van der Waals surface area contributed by atoms with E-state index >= 15 is 0 Å². The van der Waals surface area contributed by atoms with Crippen LogP contribution in [0.15, 0.2) is 66.2 Å². The fraction of sp³-hybridized carbons (Fsp3) is 0.0435. The lowest BCUT2D eigenvalue weighted by Crippen LogP contribution is -2.14. The number of para-hydroxylation sites is 1. The van der Waals surface area contributed by atoms with E-state index in [1.807, 2.05) is 18.2 Å². The second-order valence-corrected chi connectivity index (χ2v) is 7.98. The molecule has 156 valence electrons. The van der Waals surface area contributed by atoms with E-state index in [0.29, 0.717) is 28.0 Å². The van der Waals surface area contributed by atoms with Crippen LogP contribution in [0.25, 0.3) is 6.08 Å². The highest BCUT2D eigenvalue weighted by Crippen LogP contribution is 2.31. The summed E-state index contributed by atoms with van der Waals surface area (Å²) in [5.41, 5.74) is 1.59. The van der Waals surface area contributed by atoms with Crippen molar-refractivity contribution in [1.82, 2.24) is 0 Å². The van der Waals surface area contributed by atoms with Crippen molar-refractivity contribution in [2.24, 2.45) is 0 Å². The molecule has 0 bridgehead atoms. The molecule has 0 radical (unpaired) electrons. The van der Waals surface area contributed by atoms with Gasteiger partial charge in [0.05, 0.1) is 20.8 Å². The first-order valence-corrected chi connectivity index (χ1v) is 10.4. The van der Waals surface area contributed by atoms with E-state index in [1.165, 1.54) is 6.08 Å². The van der Waals surface area contributed by atoms with Crippen LogP contribution in [0, 0.1) is 11.3 Å². The van der Waals surface area contributed by atoms with Gasteiger partial charge in [0.15, 0.2) is 0 Å². The Kier molecular flexibility index (Phi) is 7.84. The summed E-state index contributed by atoms with van der Waals surface area (Å²) in [6, 6.07) is 18.9. The molecule has 0 aliphatic carbocycles. The largest absolute Gasteiger partial charge is 0.487 e. The van der Waals surface area contributed by atoms with Crippen LogP contribution in [0.1, 0.15) is 11.1 Å². The number of nitrogens with zero attached hydrogens (tertiary/aromatic N) is 1. The van der Waals surface area contributed by atoms with Gasteiger partial charge in [0, 0.05) is 5.02 Å². The summed E-state index contributed by atoms with van der Waals surface area (Å²) in [7, 11) is 0. The average molecular weight is 492 g/mol. The Balaban J connectivity index is 1.73. The quantitative estimate of drug-likeness (QED) is 0.288. The first-order valence-electron chi connectivity index (χ1n) is 8.91. The molecule has 1 amide bonds. The van der Waals surface area contributed by atoms with Crippen LogP contribution in [0.2, 0.25) is 20.1 Å². The standard InChI is InChI=1S/C23H14Cl4N2O2/c24-17-7-4-14(5-8-17)13-31-21-9-6-15(11-20(21)27)10-16(12-28)23(30)29-22-18(25)2-1-3-19(22)26/h1-11H,13H2,(H,29,30)/b16-10+. The lowest BCUT2D eigenvalue weighted by atomic mass is 10.1. The molecule has 0 heterocycles. The molecule has 1 N–H and O–H groups in total. The van der Waals surface area contributed by atoms with Gasteiger partial charge in [-0.1, -0.05) is 70.7 Å². The molecule has 0 saturated heterocycles. The van der Waals surface area contributed by atoms with E-state index in [4.69, 9.17) is 51.1 Å². The van der Waals surface area contributed by atoms with Crippen LogP contribution < -0.4 is 10.1 Å². The van der Waals surface area contributed by atoms with Crippen molar-refractivity contribution in [3.05, 3.63) is 97.5 Å². The van der Waals surface area contributed by atoms with Crippen molar-refractivity contribution < 1.29 is 9.53 Å². The number of anilines is 1. The minimum Gasteiger partial charge on any atom is -0.487 e. The van der Waals surface area contributed by atoms with E-state index in [9.17, 15) is 10.1 Å². The Morgan fingerprint density at radius 3 is 2.26 bits per heavy atom. The third-order valence-corrected chi connectivity index (χ3v) is 5.32. The summed E-state index contributed by atoms with van der Waals surface area (Å²) >= 11 is 24.3. The fourth-order valence-electron chi connectivity index (χ4n) is 2.58. The molecule has 0 aliphatic rings. The molecule has 0 spiro atoms. The maximum absolute atomic E-state index is 12.5. The summed E-state index contributed by atoms with van der Waals surface area (Å²) in [6.45, 7) is 0.316. The molecule has 31 heavy (non-hydrogen) atoms. The second kappa shape index (κ2) is 10.6. The van der Waals surface area contributed by atoms with Gasteiger partial charge >= 0.3 is 0 Å². The normalized spacial score (nSPS) is 11.0. The number of hydrogen-bond donors (Lipinski definition) is 1. The van der Waals surface area contributed by atoms with Crippen molar-refractivity contribution in [2.75, 3.05) is 5.32 Å². The van der Waals surface area contributed by atoms with Crippen LogP contribution >= 0.6 is 46.4 Å². The highest BCUT2D eigenvalue weighted by molar-refractivity contribution is 6.40. The number of carbonyl (C=O) groups excluding carboxylic acids is 1. The third kappa shape index (κ3) is 6.16. The topological polar surface area (TPSA) is 62.1 Å². The molecule has 0 aromatic heterocycles. The van der Waals surface area contributed by atoms with Crippen LogP contribution in [0.5, 0.6) is 5.75 Å². The number of ether oxygens (including phenoxy) is 1. The van der Waals surface area contributed by atoms with Gasteiger partial charge in [-0.25, -0.2) is 0 Å². The predicted molar refractivity (Wildman–Crippen MR) is 126 cm³/mol. The van der Waals surface area contributed by atoms with Crippen molar-refractivity contribution in [3.63, 3.8) is 0 Å². The molecule has 3 aromatic rings. The van der Waals surface area contributed by atoms with Crippen LogP contribution in [-0.2, 0) is 11.4 Å². The zero-order valence-corrected chi connectivity index (χ0v) is 18.9. The molecule has 0 unspecified atom stereocenters. The molecular weight excluding hydrogens is 478 g/mol. The van der Waals surface area contributed by atoms with Gasteiger partial charge in [-0.3, -0.25) is 4.79 Å². The second-order valence-electron chi connectivity index (χ2n) is 6.33. The molecule has 0 saturated carbocycles. The van der Waals surface area contributed by atoms with Crippen LogP contribution in [0.4, 0.5) is 5.69 Å². The number of amides is 1. The Morgan fingerprint density at radius 1 is 0.968 bits per heavy atom. The lowest BCUT2D eigenvalue weighted by molar-refractivity contribution is -0.112. The molecule has 0 aliphatic heterocycles. The van der Waals surface area contributed by atoms with E-state index in [0.717, 1.165) is 5.56 Å². The minimum atomic E-state index is -0.642. The van der Waals surface area contributed by atoms with Gasteiger partial charge in [0.2, 0.25) is 0 Å². The first-order chi connectivity index (χ1) is 14.9. The number of nitriles is 1. The summed E-state index contributed by atoms with van der Waals surface area (Å²) in [6.07, 6.45) is 1.41. The Labute approximate surface area is 199 Å². The zero-order valence-electron chi connectivity index (χ0n) is 15.8. The summed E-state index contributed by atoms with van der Waals surface area (Å²) < 4.78 is 5.73. The number of nitrogens with one attached hydrogen (secondary N) is 1. The molecule has 3 rings (SSSR count). The minimum absolute atomic E-state index is 0.137. The number of carbonyl (C=O) groups is 1. The lowest BCUT2D eigenvalue weighted by Gasteiger charge is -2.10. The number of hydrogen-bond acceptors (Lipinski definition) is 3. The number of halogens is 4. The smallest absolute Gasteiger partial charge is 0.266 e. The number of benzene rings is 3. The van der Waals surface area contributed by atoms with Crippen molar-refractivity contribution in [3.8, 4) is 11.8 Å². The SMILES string of the molecule is N#C/C(=C\c1ccc(OCc2ccc(Cl)cc2)c(Cl)c1)C(=O)Nc1c(Cl)cccc1Cl. The van der Waals surface area contributed by atoms with E-state index in [-0.39, 0.29) is 21.3 Å². The molecule has 0 fully saturated rings. The molecule has 3 aromatic carbocycles. The Hall–Kier alpha value is -2.68. The van der Waals surface area contributed by atoms with E-state index in [2.05, 4.69) is 5.32 Å². The van der Waals surface area contributed by atoms with Crippen LogP contribution in [-0.4, -0.2) is 5.91 Å². The monoisotopic (exact) mass is 490 g/mol. The fourth-order valence-corrected chi connectivity index (χ4v) is 3.44. The van der Waals surface area contributed by atoms with Crippen molar-refractivity contribution >= 4 is 64.1 Å². The Bertz CT molecular complexity index is 1160. The van der Waals surface area contributed by atoms with E-state index < -0.39 is 5.91 Å². The van der Waals surface area contributed by atoms with Gasteiger partial charge in [-0.05, 0) is 53.6 Å². The predicted octanol–water partition coefficient (Wildman–Crippen LogP) is 7.42. The summed E-state index contributed by atoms with van der Waals surface area (Å²) in [4.78, 5) is 12.5. The van der Waals surface area contributed by atoms with Gasteiger partial charge in [-0.2, -0.15) is 5.26 Å². The maximum Gasteiger partial charge on any atom is 0.266 e. The summed E-state index contributed by atoms with van der Waals surface area (Å²) in [5.74, 6) is -0.170. The highest BCUT2D eigenvalue weighted by atomic mass is 35.5. The Morgan fingerprint density at radius 2 is 1.65 bits per heavy atom. The molecular formula is C23H14Cl4N2O2. The average Bonchev–Trinajstić information content (AvgIpc) is 2.75. The number of rotatable bonds is 6. The highest BCUT2D eigenvalue weighted by Gasteiger charge is 2.14. The van der Waals surface area contributed by atoms with Gasteiger partial charge in [0.1, 0.15) is 24.0 Å². The van der Waals surface area contributed by atoms with Crippen molar-refractivity contribution in [1.29, 1.82) is 5.26 Å². The molecule has 0 atom stereocenters. The van der Waals surface area contributed by atoms with Crippen LogP contribution in [0.3, 0.4) is 0 Å². The van der Waals surface area contributed by atoms with Gasteiger partial charge in [-0.15, -0.1) is 0 Å². The molecule has 8 heteroatoms. The summed E-state index contributed by atoms with van der Waals surface area (Å²) in [5, 5.41) is 13.5. The van der Waals surface area contributed by atoms with Gasteiger partial charge < -0.3 is 10.1 Å². The molecule has 4 nitrogen and oxygen atoms in total. The van der Waals surface area contributed by atoms with Gasteiger partial charge in [0.25, 0.3) is 5.91 Å². The van der Waals surface area contributed by atoms with Crippen molar-refractivity contribution in [2.45, 2.75) is 6.61 Å². The zero-order chi connectivity index (χ0) is 22.4.